The molecule has 0 unspecified atom stereocenters. The van der Waals surface area contributed by atoms with Crippen molar-refractivity contribution in [3.63, 3.8) is 0 Å². The van der Waals surface area contributed by atoms with Crippen LogP contribution in [0.1, 0.15) is 11.1 Å². The van der Waals surface area contributed by atoms with Crippen molar-refractivity contribution in [1.29, 1.82) is 5.26 Å². The molecule has 98 valence electrons. The lowest BCUT2D eigenvalue weighted by Crippen LogP contribution is -2.00. The summed E-state index contributed by atoms with van der Waals surface area (Å²) < 4.78 is 13.1. The van der Waals surface area contributed by atoms with Gasteiger partial charge in [0.25, 0.3) is 0 Å². The van der Waals surface area contributed by atoms with Crippen LogP contribution in [0, 0.1) is 17.1 Å². The SMILES string of the molecule is N#Cc1cccc(CNc2nc3ccc(F)cc3[nH]2)c1. The zero-order chi connectivity index (χ0) is 13.9. The minimum absolute atomic E-state index is 0.297. The van der Waals surface area contributed by atoms with Gasteiger partial charge in [-0.25, -0.2) is 9.37 Å². The maximum absolute atomic E-state index is 13.1. The number of halogens is 1. The molecule has 1 heterocycles. The number of nitrogens with zero attached hydrogens (tertiary/aromatic N) is 2. The number of anilines is 1. The molecule has 5 heteroatoms. The summed E-state index contributed by atoms with van der Waals surface area (Å²) in [6, 6.07) is 13.8. The van der Waals surface area contributed by atoms with Crippen LogP contribution in [0.2, 0.25) is 0 Å². The number of hydrogen-bond donors (Lipinski definition) is 2. The highest BCUT2D eigenvalue weighted by Gasteiger charge is 2.03. The molecule has 0 aliphatic heterocycles. The summed E-state index contributed by atoms with van der Waals surface area (Å²) in [4.78, 5) is 7.32. The van der Waals surface area contributed by atoms with Gasteiger partial charge >= 0.3 is 0 Å². The Hall–Kier alpha value is -2.87. The fourth-order valence-corrected chi connectivity index (χ4v) is 2.00. The van der Waals surface area contributed by atoms with Crippen LogP contribution in [0.25, 0.3) is 11.0 Å². The van der Waals surface area contributed by atoms with E-state index in [-0.39, 0.29) is 5.82 Å². The Morgan fingerprint density at radius 2 is 2.15 bits per heavy atom. The molecule has 20 heavy (non-hydrogen) atoms. The fourth-order valence-electron chi connectivity index (χ4n) is 2.00. The summed E-state index contributed by atoms with van der Waals surface area (Å²) in [6.07, 6.45) is 0. The number of rotatable bonds is 3. The number of H-pyrrole nitrogens is 1. The molecule has 0 bridgehead atoms. The smallest absolute Gasteiger partial charge is 0.201 e. The Kier molecular flexibility index (Phi) is 3.05. The van der Waals surface area contributed by atoms with E-state index in [0.29, 0.717) is 29.1 Å². The number of aromatic amines is 1. The fraction of sp³-hybridized carbons (Fsp3) is 0.0667. The maximum Gasteiger partial charge on any atom is 0.201 e. The average Bonchev–Trinajstić information content (AvgIpc) is 2.87. The molecule has 0 radical (unpaired) electrons. The van der Waals surface area contributed by atoms with E-state index in [1.807, 2.05) is 18.2 Å². The van der Waals surface area contributed by atoms with Crippen LogP contribution < -0.4 is 5.32 Å². The zero-order valence-corrected chi connectivity index (χ0v) is 10.5. The normalized spacial score (nSPS) is 10.4. The Bertz CT molecular complexity index is 801. The van der Waals surface area contributed by atoms with Gasteiger partial charge in [0.15, 0.2) is 0 Å². The highest BCUT2D eigenvalue weighted by atomic mass is 19.1. The van der Waals surface area contributed by atoms with Gasteiger partial charge in [0, 0.05) is 6.54 Å². The highest BCUT2D eigenvalue weighted by molar-refractivity contribution is 5.77. The number of hydrogen-bond acceptors (Lipinski definition) is 3. The molecule has 4 nitrogen and oxygen atoms in total. The van der Waals surface area contributed by atoms with E-state index in [2.05, 4.69) is 21.4 Å². The van der Waals surface area contributed by atoms with Crippen molar-refractivity contribution in [2.75, 3.05) is 5.32 Å². The van der Waals surface area contributed by atoms with Gasteiger partial charge in [-0.15, -0.1) is 0 Å². The van der Waals surface area contributed by atoms with Crippen LogP contribution in [0.3, 0.4) is 0 Å². The number of aromatic nitrogens is 2. The molecule has 0 spiro atoms. The Labute approximate surface area is 114 Å². The first kappa shape index (κ1) is 12.2. The van der Waals surface area contributed by atoms with Crippen LogP contribution in [0.5, 0.6) is 0 Å². The average molecular weight is 266 g/mol. The van der Waals surface area contributed by atoms with E-state index < -0.39 is 0 Å². The maximum atomic E-state index is 13.1. The summed E-state index contributed by atoms with van der Waals surface area (Å²) in [6.45, 7) is 0.540. The molecule has 3 aromatic rings. The first-order valence-corrected chi connectivity index (χ1v) is 6.13. The Morgan fingerprint density at radius 1 is 1.25 bits per heavy atom. The van der Waals surface area contributed by atoms with Crippen LogP contribution in [-0.4, -0.2) is 9.97 Å². The molecule has 0 aliphatic carbocycles. The largest absolute Gasteiger partial charge is 0.352 e. The summed E-state index contributed by atoms with van der Waals surface area (Å²) in [5.74, 6) is 0.280. The molecular formula is C15H11FN4. The third-order valence-corrected chi connectivity index (χ3v) is 2.96. The second kappa shape index (κ2) is 5.02. The summed E-state index contributed by atoms with van der Waals surface area (Å²) in [5, 5.41) is 12.0. The topological polar surface area (TPSA) is 64.5 Å². The monoisotopic (exact) mass is 266 g/mol. The number of fused-ring (bicyclic) bond motifs is 1. The molecule has 2 N–H and O–H groups in total. The predicted octanol–water partition coefficient (Wildman–Crippen LogP) is 3.19. The van der Waals surface area contributed by atoms with Gasteiger partial charge in [-0.05, 0) is 35.9 Å². The lowest BCUT2D eigenvalue weighted by Gasteiger charge is -2.03. The molecule has 0 aliphatic rings. The van der Waals surface area contributed by atoms with E-state index in [1.54, 1.807) is 12.1 Å². The van der Waals surface area contributed by atoms with Crippen molar-refractivity contribution in [3.8, 4) is 6.07 Å². The molecule has 0 saturated carbocycles. The van der Waals surface area contributed by atoms with Crippen molar-refractivity contribution in [3.05, 3.63) is 59.4 Å². The molecule has 0 amide bonds. The van der Waals surface area contributed by atoms with Gasteiger partial charge in [0.05, 0.1) is 22.7 Å². The van der Waals surface area contributed by atoms with Crippen LogP contribution in [-0.2, 0) is 6.54 Å². The number of benzene rings is 2. The van der Waals surface area contributed by atoms with Crippen molar-refractivity contribution < 1.29 is 4.39 Å². The highest BCUT2D eigenvalue weighted by Crippen LogP contribution is 2.16. The molecule has 0 atom stereocenters. The minimum Gasteiger partial charge on any atom is -0.352 e. The van der Waals surface area contributed by atoms with E-state index in [4.69, 9.17) is 5.26 Å². The molecular weight excluding hydrogens is 255 g/mol. The van der Waals surface area contributed by atoms with E-state index in [1.165, 1.54) is 12.1 Å². The van der Waals surface area contributed by atoms with Gasteiger partial charge in [0.2, 0.25) is 5.95 Å². The molecule has 0 fully saturated rings. The molecule has 0 saturated heterocycles. The van der Waals surface area contributed by atoms with Crippen molar-refractivity contribution >= 4 is 17.0 Å². The number of nitrogens with one attached hydrogen (secondary N) is 2. The van der Waals surface area contributed by atoms with Gasteiger partial charge in [-0.2, -0.15) is 5.26 Å². The Morgan fingerprint density at radius 3 is 3.00 bits per heavy atom. The molecule has 3 rings (SSSR count). The van der Waals surface area contributed by atoms with E-state index in [9.17, 15) is 4.39 Å². The second-order valence-corrected chi connectivity index (χ2v) is 4.41. The Balaban J connectivity index is 1.78. The van der Waals surface area contributed by atoms with Crippen molar-refractivity contribution in [1.82, 2.24) is 9.97 Å². The number of nitriles is 1. The first-order chi connectivity index (χ1) is 9.74. The van der Waals surface area contributed by atoms with Crippen molar-refractivity contribution in [2.24, 2.45) is 0 Å². The van der Waals surface area contributed by atoms with Gasteiger partial charge in [-0.1, -0.05) is 12.1 Å². The van der Waals surface area contributed by atoms with Crippen LogP contribution in [0.4, 0.5) is 10.3 Å². The summed E-state index contributed by atoms with van der Waals surface area (Å²) in [7, 11) is 0. The van der Waals surface area contributed by atoms with Gasteiger partial charge in [0.1, 0.15) is 5.82 Å². The van der Waals surface area contributed by atoms with Gasteiger partial charge in [-0.3, -0.25) is 0 Å². The quantitative estimate of drug-likeness (QED) is 0.765. The summed E-state index contributed by atoms with van der Waals surface area (Å²) >= 11 is 0. The summed E-state index contributed by atoms with van der Waals surface area (Å²) in [5.41, 5.74) is 2.96. The standard InChI is InChI=1S/C15H11FN4/c16-12-4-5-13-14(7-12)20-15(19-13)18-9-11-3-1-2-10(6-11)8-17/h1-7H,9H2,(H2,18,19,20). The first-order valence-electron chi connectivity index (χ1n) is 6.13. The molecule has 2 aromatic carbocycles. The van der Waals surface area contributed by atoms with Gasteiger partial charge < -0.3 is 10.3 Å². The third-order valence-electron chi connectivity index (χ3n) is 2.96. The molecule has 1 aromatic heterocycles. The third kappa shape index (κ3) is 2.45. The second-order valence-electron chi connectivity index (χ2n) is 4.41. The zero-order valence-electron chi connectivity index (χ0n) is 10.5. The lowest BCUT2D eigenvalue weighted by molar-refractivity contribution is 0.629. The van der Waals surface area contributed by atoms with Crippen LogP contribution in [0.15, 0.2) is 42.5 Å². The van der Waals surface area contributed by atoms with Crippen molar-refractivity contribution in [2.45, 2.75) is 6.54 Å². The van der Waals surface area contributed by atoms with E-state index in [0.717, 1.165) is 5.56 Å². The van der Waals surface area contributed by atoms with Crippen LogP contribution >= 0.6 is 0 Å². The minimum atomic E-state index is -0.297. The predicted molar refractivity (Wildman–Crippen MR) is 74.5 cm³/mol. The number of imidazole rings is 1. The lowest BCUT2D eigenvalue weighted by atomic mass is 10.1. The van der Waals surface area contributed by atoms with E-state index >= 15 is 0 Å².